The van der Waals surface area contributed by atoms with E-state index in [1.807, 2.05) is 0 Å². The van der Waals surface area contributed by atoms with Gasteiger partial charge in [-0.1, -0.05) is 13.8 Å². The molecule has 2 rings (SSSR count). The maximum atomic E-state index is 11.6. The number of ether oxygens (including phenoxy) is 1. The molecule has 0 bridgehead atoms. The Hall–Kier alpha value is -1.78. The van der Waals surface area contributed by atoms with Crippen LogP contribution in [0.25, 0.3) is 0 Å². The molecule has 0 amide bonds. The highest BCUT2D eigenvalue weighted by molar-refractivity contribution is 5.97. The molecular formula is C15H23N3O2. The highest BCUT2D eigenvalue weighted by atomic mass is 16.5. The Kier molecular flexibility index (Phi) is 4.16. The van der Waals surface area contributed by atoms with E-state index in [-0.39, 0.29) is 0 Å². The van der Waals surface area contributed by atoms with Crippen LogP contribution in [0.5, 0.6) is 0 Å². The fourth-order valence-corrected chi connectivity index (χ4v) is 2.61. The fraction of sp³-hybridized carbons (Fsp3) is 0.600. The summed E-state index contributed by atoms with van der Waals surface area (Å²) in [5, 5.41) is 3.36. The molecule has 1 saturated carbocycles. The van der Waals surface area contributed by atoms with Crippen LogP contribution in [0.1, 0.15) is 49.9 Å². The number of nitrogens with two attached hydrogens (primary N) is 1. The number of nitrogens with one attached hydrogen (secondary N) is 1. The minimum absolute atomic E-state index is 0.362. The number of rotatable bonds is 3. The molecule has 20 heavy (non-hydrogen) atoms. The average molecular weight is 277 g/mol. The van der Waals surface area contributed by atoms with Crippen LogP contribution in [0.4, 0.5) is 11.5 Å². The maximum absolute atomic E-state index is 11.6. The van der Waals surface area contributed by atoms with Gasteiger partial charge in [-0.25, -0.2) is 9.78 Å². The molecule has 3 N–H and O–H groups in total. The van der Waals surface area contributed by atoms with Crippen molar-refractivity contribution in [3.05, 3.63) is 17.8 Å². The van der Waals surface area contributed by atoms with E-state index >= 15 is 0 Å². The lowest BCUT2D eigenvalue weighted by atomic mass is 9.75. The van der Waals surface area contributed by atoms with E-state index in [4.69, 9.17) is 10.5 Å². The van der Waals surface area contributed by atoms with Crippen LogP contribution in [0.15, 0.2) is 12.3 Å². The smallest absolute Gasteiger partial charge is 0.340 e. The molecule has 0 unspecified atom stereocenters. The van der Waals surface area contributed by atoms with E-state index in [0.717, 1.165) is 12.8 Å². The summed E-state index contributed by atoms with van der Waals surface area (Å²) < 4.78 is 4.71. The van der Waals surface area contributed by atoms with Crippen molar-refractivity contribution in [1.29, 1.82) is 0 Å². The number of nitrogen functional groups attached to an aromatic ring is 1. The Balaban J connectivity index is 2.09. The lowest BCUT2D eigenvalue weighted by Crippen LogP contribution is -2.30. The van der Waals surface area contributed by atoms with Gasteiger partial charge in [0.2, 0.25) is 0 Å². The molecule has 0 saturated heterocycles. The van der Waals surface area contributed by atoms with Gasteiger partial charge in [-0.15, -0.1) is 0 Å². The standard InChI is InChI=1S/C15H23N3O2/c1-15(2)7-4-10(5-8-15)18-13-12(16)11(6-9-17-13)14(19)20-3/h6,9-10H,4-5,7-8,16H2,1-3H3,(H,17,18). The van der Waals surface area contributed by atoms with Crippen molar-refractivity contribution in [3.63, 3.8) is 0 Å². The molecule has 1 aliphatic rings. The SMILES string of the molecule is COC(=O)c1ccnc(NC2CCC(C)(C)CC2)c1N. The first kappa shape index (κ1) is 14.6. The summed E-state index contributed by atoms with van der Waals surface area (Å²) in [4.78, 5) is 15.8. The molecule has 1 fully saturated rings. The molecule has 0 aliphatic heterocycles. The number of hydrogen-bond acceptors (Lipinski definition) is 5. The van der Waals surface area contributed by atoms with Gasteiger partial charge in [0.15, 0.2) is 0 Å². The zero-order chi connectivity index (χ0) is 14.8. The van der Waals surface area contributed by atoms with Crippen molar-refractivity contribution in [3.8, 4) is 0 Å². The Morgan fingerprint density at radius 2 is 2.10 bits per heavy atom. The molecule has 110 valence electrons. The van der Waals surface area contributed by atoms with E-state index in [1.165, 1.54) is 20.0 Å². The summed E-state index contributed by atoms with van der Waals surface area (Å²) >= 11 is 0. The van der Waals surface area contributed by atoms with Gasteiger partial charge in [0.05, 0.1) is 18.4 Å². The number of aromatic nitrogens is 1. The highest BCUT2D eigenvalue weighted by Gasteiger charge is 2.27. The Labute approximate surface area is 119 Å². The molecule has 1 aliphatic carbocycles. The van der Waals surface area contributed by atoms with Crippen LogP contribution in [0, 0.1) is 5.41 Å². The third-order valence-electron chi connectivity index (χ3n) is 4.08. The summed E-state index contributed by atoms with van der Waals surface area (Å²) in [6.07, 6.45) is 6.13. The maximum Gasteiger partial charge on any atom is 0.340 e. The molecule has 0 radical (unpaired) electrons. The monoisotopic (exact) mass is 277 g/mol. The van der Waals surface area contributed by atoms with Gasteiger partial charge < -0.3 is 15.8 Å². The first-order chi connectivity index (χ1) is 9.43. The number of anilines is 2. The first-order valence-corrected chi connectivity index (χ1v) is 7.02. The summed E-state index contributed by atoms with van der Waals surface area (Å²) in [5.41, 5.74) is 7.15. The van der Waals surface area contributed by atoms with E-state index in [1.54, 1.807) is 12.3 Å². The quantitative estimate of drug-likeness (QED) is 0.831. The molecule has 1 heterocycles. The van der Waals surface area contributed by atoms with Crippen molar-refractivity contribution in [1.82, 2.24) is 4.98 Å². The van der Waals surface area contributed by atoms with Gasteiger partial charge in [0.1, 0.15) is 5.82 Å². The van der Waals surface area contributed by atoms with Crippen LogP contribution in [-0.2, 0) is 4.74 Å². The Bertz CT molecular complexity index is 490. The minimum atomic E-state index is -0.433. The molecule has 1 aromatic rings. The van der Waals surface area contributed by atoms with Gasteiger partial charge in [0.25, 0.3) is 0 Å². The predicted molar refractivity (Wildman–Crippen MR) is 79.6 cm³/mol. The summed E-state index contributed by atoms with van der Waals surface area (Å²) in [6.45, 7) is 4.60. The van der Waals surface area contributed by atoms with Gasteiger partial charge in [-0.2, -0.15) is 0 Å². The van der Waals surface area contributed by atoms with Crippen molar-refractivity contribution in [2.75, 3.05) is 18.2 Å². The largest absolute Gasteiger partial charge is 0.465 e. The minimum Gasteiger partial charge on any atom is -0.465 e. The van der Waals surface area contributed by atoms with Gasteiger partial charge in [-0.05, 0) is 37.2 Å². The van der Waals surface area contributed by atoms with E-state index in [9.17, 15) is 4.79 Å². The van der Waals surface area contributed by atoms with E-state index in [0.29, 0.717) is 28.5 Å². The molecule has 5 nitrogen and oxygen atoms in total. The summed E-state index contributed by atoms with van der Waals surface area (Å²) in [6, 6.07) is 1.95. The number of esters is 1. The third-order valence-corrected chi connectivity index (χ3v) is 4.08. The van der Waals surface area contributed by atoms with Crippen molar-refractivity contribution in [2.24, 2.45) is 5.41 Å². The molecular weight excluding hydrogens is 254 g/mol. The van der Waals surface area contributed by atoms with Crippen LogP contribution in [0.3, 0.4) is 0 Å². The molecule has 5 heteroatoms. The summed E-state index contributed by atoms with van der Waals surface area (Å²) in [5.74, 6) is 0.148. The molecule has 0 spiro atoms. The lowest BCUT2D eigenvalue weighted by molar-refractivity contribution is 0.0602. The second-order valence-electron chi connectivity index (χ2n) is 6.20. The second-order valence-corrected chi connectivity index (χ2v) is 6.20. The van der Waals surface area contributed by atoms with Gasteiger partial charge in [-0.3, -0.25) is 0 Å². The lowest BCUT2D eigenvalue weighted by Gasteiger charge is -2.35. The number of carbonyl (C=O) groups excluding carboxylic acids is 1. The number of nitrogens with zero attached hydrogens (tertiary/aromatic N) is 1. The van der Waals surface area contributed by atoms with Crippen molar-refractivity contribution < 1.29 is 9.53 Å². The molecule has 0 atom stereocenters. The van der Waals surface area contributed by atoms with Crippen LogP contribution >= 0.6 is 0 Å². The Morgan fingerprint density at radius 1 is 1.45 bits per heavy atom. The molecule has 1 aromatic heterocycles. The Morgan fingerprint density at radius 3 is 2.70 bits per heavy atom. The zero-order valence-electron chi connectivity index (χ0n) is 12.4. The number of pyridine rings is 1. The number of methoxy groups -OCH3 is 1. The highest BCUT2D eigenvalue weighted by Crippen LogP contribution is 2.36. The first-order valence-electron chi connectivity index (χ1n) is 7.02. The van der Waals surface area contributed by atoms with Crippen LogP contribution in [0.2, 0.25) is 0 Å². The number of carbonyl (C=O) groups is 1. The number of hydrogen-bond donors (Lipinski definition) is 2. The average Bonchev–Trinajstić information content (AvgIpc) is 2.42. The van der Waals surface area contributed by atoms with E-state index < -0.39 is 5.97 Å². The predicted octanol–water partition coefficient (Wildman–Crippen LogP) is 2.83. The normalized spacial score (nSPS) is 18.6. The van der Waals surface area contributed by atoms with Gasteiger partial charge >= 0.3 is 5.97 Å². The molecule has 0 aromatic carbocycles. The van der Waals surface area contributed by atoms with Crippen molar-refractivity contribution >= 4 is 17.5 Å². The topological polar surface area (TPSA) is 77.2 Å². The van der Waals surface area contributed by atoms with Crippen LogP contribution in [-0.4, -0.2) is 24.1 Å². The third kappa shape index (κ3) is 3.21. The zero-order valence-corrected chi connectivity index (χ0v) is 12.4. The second kappa shape index (κ2) is 5.69. The van der Waals surface area contributed by atoms with Crippen molar-refractivity contribution in [2.45, 2.75) is 45.6 Å². The van der Waals surface area contributed by atoms with E-state index in [2.05, 4.69) is 24.1 Å². The fourth-order valence-electron chi connectivity index (χ4n) is 2.61. The van der Waals surface area contributed by atoms with Crippen LogP contribution < -0.4 is 11.1 Å². The summed E-state index contributed by atoms with van der Waals surface area (Å²) in [7, 11) is 1.35. The van der Waals surface area contributed by atoms with Gasteiger partial charge in [0, 0.05) is 12.2 Å².